The van der Waals surface area contributed by atoms with Crippen molar-refractivity contribution in [2.45, 2.75) is 116 Å². The average molecular weight is 401 g/mol. The van der Waals surface area contributed by atoms with E-state index >= 15 is 0 Å². The van der Waals surface area contributed by atoms with E-state index in [1.165, 1.54) is 57.8 Å². The van der Waals surface area contributed by atoms with E-state index in [1.807, 2.05) is 0 Å². The van der Waals surface area contributed by atoms with Crippen LogP contribution in [0.15, 0.2) is 0 Å². The predicted octanol–water partition coefficient (Wildman–Crippen LogP) is 5.72. The summed E-state index contributed by atoms with van der Waals surface area (Å²) in [4.78, 5) is 20.7. The molecular formula is C23H44O5. The molecule has 0 unspecified atom stereocenters. The van der Waals surface area contributed by atoms with Crippen LogP contribution in [0, 0.1) is 0 Å². The second-order valence-corrected chi connectivity index (χ2v) is 7.61. The van der Waals surface area contributed by atoms with E-state index in [0.717, 1.165) is 38.5 Å². The smallest absolute Gasteiger partial charge is 0.305 e. The molecule has 0 aliphatic carbocycles. The van der Waals surface area contributed by atoms with E-state index in [-0.39, 0.29) is 11.9 Å². The molecule has 0 spiro atoms. The fourth-order valence-corrected chi connectivity index (χ4v) is 3.04. The minimum absolute atomic E-state index is 0.0255. The van der Waals surface area contributed by atoms with Crippen molar-refractivity contribution < 1.29 is 24.2 Å². The third-order valence-corrected chi connectivity index (χ3v) is 4.84. The van der Waals surface area contributed by atoms with E-state index in [4.69, 9.17) is 9.84 Å². The minimum atomic E-state index is -0.0359. The fraction of sp³-hybridized carbons (Fsp3) is 0.913. The van der Waals surface area contributed by atoms with Gasteiger partial charge in [0, 0.05) is 19.4 Å². The third-order valence-electron chi connectivity index (χ3n) is 4.84. The van der Waals surface area contributed by atoms with Crippen molar-refractivity contribution in [2.75, 3.05) is 19.8 Å². The molecule has 2 aliphatic rings. The van der Waals surface area contributed by atoms with Crippen molar-refractivity contribution in [3.63, 3.8) is 0 Å². The van der Waals surface area contributed by atoms with Crippen LogP contribution in [0.3, 0.4) is 0 Å². The Morgan fingerprint density at radius 3 is 1.54 bits per heavy atom. The van der Waals surface area contributed by atoms with Gasteiger partial charge in [-0.3, -0.25) is 9.59 Å². The van der Waals surface area contributed by atoms with Crippen LogP contribution >= 0.6 is 0 Å². The van der Waals surface area contributed by atoms with Gasteiger partial charge in [0.2, 0.25) is 0 Å². The first-order valence-electron chi connectivity index (χ1n) is 11.6. The number of rotatable bonds is 10. The number of unbranched alkanes of at least 4 members (excludes halogenated alkanes) is 9. The van der Waals surface area contributed by atoms with E-state index in [2.05, 4.69) is 11.7 Å². The molecule has 0 aromatic rings. The van der Waals surface area contributed by atoms with Crippen molar-refractivity contribution in [1.82, 2.24) is 0 Å². The Bertz CT molecular complexity index is 329. The molecule has 0 bridgehead atoms. The van der Waals surface area contributed by atoms with Gasteiger partial charge in [-0.15, -0.1) is 0 Å². The molecule has 0 aromatic carbocycles. The summed E-state index contributed by atoms with van der Waals surface area (Å²) < 4.78 is 9.40. The van der Waals surface area contributed by atoms with Gasteiger partial charge in [0.15, 0.2) is 0 Å². The van der Waals surface area contributed by atoms with Crippen molar-refractivity contribution in [1.29, 1.82) is 0 Å². The molecule has 2 rings (SSSR count). The number of carbonyl (C=O) groups is 2. The summed E-state index contributed by atoms with van der Waals surface area (Å²) in [5.74, 6) is -0.0613. The number of hydrogen-bond acceptors (Lipinski definition) is 5. The quantitative estimate of drug-likeness (QED) is 0.375. The Kier molecular flexibility index (Phi) is 21.3. The minimum Gasteiger partial charge on any atom is -0.466 e. The topological polar surface area (TPSA) is 72.8 Å². The molecule has 5 heteroatoms. The molecule has 2 heterocycles. The molecular weight excluding hydrogens is 356 g/mol. The molecule has 2 saturated heterocycles. The Hall–Kier alpha value is -1.10. The second kappa shape index (κ2) is 22.2. The number of carbonyl (C=O) groups excluding carboxylic acids is 2. The maximum Gasteiger partial charge on any atom is 0.305 e. The summed E-state index contributed by atoms with van der Waals surface area (Å²) in [6, 6.07) is 0. The zero-order valence-corrected chi connectivity index (χ0v) is 18.2. The second-order valence-electron chi connectivity index (χ2n) is 7.61. The van der Waals surface area contributed by atoms with E-state index in [1.54, 1.807) is 0 Å². The van der Waals surface area contributed by atoms with Crippen molar-refractivity contribution in [3.8, 4) is 0 Å². The Balaban J connectivity index is 0.000000414. The number of ether oxygens (including phenoxy) is 2. The third kappa shape index (κ3) is 21.2. The number of cyclic esters (lactones) is 2. The number of aliphatic hydroxyl groups excluding tert-OH is 1. The van der Waals surface area contributed by atoms with Crippen molar-refractivity contribution in [2.24, 2.45) is 0 Å². The standard InChI is InChI=1S/C12H26O.C6H10O2.C5H8O2/c1-2-3-4-5-6-7-8-9-10-11-12-13;7-6-4-2-1-3-5-8-6;6-5-3-1-2-4-7-5/h13H,2-12H2,1H3;1-5H2;1-4H2. The lowest BCUT2D eigenvalue weighted by Gasteiger charge is -2.08. The van der Waals surface area contributed by atoms with Crippen LogP contribution in [0.5, 0.6) is 0 Å². The van der Waals surface area contributed by atoms with Crippen LogP contribution in [0.4, 0.5) is 0 Å². The van der Waals surface area contributed by atoms with E-state index < -0.39 is 0 Å². The summed E-state index contributed by atoms with van der Waals surface area (Å²) >= 11 is 0. The van der Waals surface area contributed by atoms with Gasteiger partial charge in [-0.2, -0.15) is 0 Å². The number of aliphatic hydroxyl groups is 1. The molecule has 28 heavy (non-hydrogen) atoms. The van der Waals surface area contributed by atoms with Gasteiger partial charge in [0.25, 0.3) is 0 Å². The first-order valence-corrected chi connectivity index (χ1v) is 11.6. The maximum atomic E-state index is 10.5. The van der Waals surface area contributed by atoms with E-state index in [9.17, 15) is 9.59 Å². The van der Waals surface area contributed by atoms with Crippen LogP contribution in [0.25, 0.3) is 0 Å². The first kappa shape index (κ1) is 26.9. The van der Waals surface area contributed by atoms with Gasteiger partial charge in [-0.25, -0.2) is 0 Å². The predicted molar refractivity (Wildman–Crippen MR) is 113 cm³/mol. The van der Waals surface area contributed by atoms with Crippen molar-refractivity contribution in [3.05, 3.63) is 0 Å². The van der Waals surface area contributed by atoms with Gasteiger partial charge in [0.05, 0.1) is 13.2 Å². The summed E-state index contributed by atoms with van der Waals surface area (Å²) in [6.07, 6.45) is 19.8. The van der Waals surface area contributed by atoms with Crippen LogP contribution in [0.2, 0.25) is 0 Å². The summed E-state index contributed by atoms with van der Waals surface area (Å²) in [5, 5.41) is 8.57. The summed E-state index contributed by atoms with van der Waals surface area (Å²) in [6.45, 7) is 3.91. The maximum absolute atomic E-state index is 10.5. The molecule has 0 radical (unpaired) electrons. The van der Waals surface area contributed by atoms with Crippen molar-refractivity contribution >= 4 is 11.9 Å². The Morgan fingerprint density at radius 1 is 0.643 bits per heavy atom. The lowest BCUT2D eigenvalue weighted by molar-refractivity contribution is -0.146. The lowest BCUT2D eigenvalue weighted by atomic mass is 10.1. The molecule has 2 aliphatic heterocycles. The number of hydrogen-bond donors (Lipinski definition) is 1. The first-order chi connectivity index (χ1) is 13.7. The monoisotopic (exact) mass is 400 g/mol. The van der Waals surface area contributed by atoms with Crippen LogP contribution in [0.1, 0.15) is 116 Å². The van der Waals surface area contributed by atoms with Crippen LogP contribution in [-0.4, -0.2) is 36.9 Å². The molecule has 0 amide bonds. The molecule has 5 nitrogen and oxygen atoms in total. The zero-order chi connectivity index (χ0) is 20.7. The summed E-state index contributed by atoms with van der Waals surface area (Å²) in [5.41, 5.74) is 0. The Labute approximate surface area is 172 Å². The summed E-state index contributed by atoms with van der Waals surface area (Å²) in [7, 11) is 0. The fourth-order valence-electron chi connectivity index (χ4n) is 3.04. The highest BCUT2D eigenvalue weighted by molar-refractivity contribution is 5.69. The highest BCUT2D eigenvalue weighted by Crippen LogP contribution is 2.10. The lowest BCUT2D eigenvalue weighted by Crippen LogP contribution is -2.10. The van der Waals surface area contributed by atoms with Crippen LogP contribution in [-0.2, 0) is 19.1 Å². The highest BCUT2D eigenvalue weighted by atomic mass is 16.5. The average Bonchev–Trinajstić information content (AvgIpc) is 2.96. The molecule has 166 valence electrons. The molecule has 0 aromatic heterocycles. The van der Waals surface area contributed by atoms with E-state index in [0.29, 0.717) is 32.7 Å². The number of esters is 2. The molecule has 0 saturated carbocycles. The van der Waals surface area contributed by atoms with Gasteiger partial charge < -0.3 is 14.6 Å². The normalized spacial score (nSPS) is 16.5. The zero-order valence-electron chi connectivity index (χ0n) is 18.2. The Morgan fingerprint density at radius 2 is 1.07 bits per heavy atom. The largest absolute Gasteiger partial charge is 0.466 e. The molecule has 0 atom stereocenters. The van der Waals surface area contributed by atoms with Gasteiger partial charge in [-0.05, 0) is 38.5 Å². The molecule has 2 fully saturated rings. The van der Waals surface area contributed by atoms with Gasteiger partial charge >= 0.3 is 11.9 Å². The SMILES string of the molecule is CCCCCCCCCCCCO.O=C1CCCCCO1.O=C1CCCCO1. The van der Waals surface area contributed by atoms with Gasteiger partial charge in [-0.1, -0.05) is 64.7 Å². The van der Waals surface area contributed by atoms with Crippen LogP contribution < -0.4 is 0 Å². The van der Waals surface area contributed by atoms with Gasteiger partial charge in [0.1, 0.15) is 0 Å². The highest BCUT2D eigenvalue weighted by Gasteiger charge is 2.07. The molecule has 1 N–H and O–H groups in total.